The van der Waals surface area contributed by atoms with Gasteiger partial charge in [-0.3, -0.25) is 0 Å². The number of rotatable bonds is 3. The van der Waals surface area contributed by atoms with Gasteiger partial charge in [0.2, 0.25) is 0 Å². The highest BCUT2D eigenvalue weighted by Gasteiger charge is 2.23. The van der Waals surface area contributed by atoms with Crippen LogP contribution in [-0.4, -0.2) is 35.7 Å². The zero-order valence-electron chi connectivity index (χ0n) is 9.16. The van der Waals surface area contributed by atoms with Crippen LogP contribution < -0.4 is 0 Å². The molecule has 1 N–H and O–H groups in total. The van der Waals surface area contributed by atoms with Crippen LogP contribution in [0.1, 0.15) is 33.6 Å². The molecule has 3 atom stereocenters. The summed E-state index contributed by atoms with van der Waals surface area (Å²) >= 11 is 0. The number of likely N-dealkylation sites (tertiary alicyclic amines) is 1. The van der Waals surface area contributed by atoms with E-state index in [9.17, 15) is 0 Å². The van der Waals surface area contributed by atoms with Gasteiger partial charge in [-0.15, -0.1) is 0 Å². The second-order valence-electron chi connectivity index (χ2n) is 4.76. The summed E-state index contributed by atoms with van der Waals surface area (Å²) in [7, 11) is 0. The Balaban J connectivity index is 2.33. The van der Waals surface area contributed by atoms with E-state index in [1.807, 2.05) is 0 Å². The predicted octanol–water partition coefficient (Wildman–Crippen LogP) is 1.74. The Bertz CT molecular complexity index is 149. The van der Waals surface area contributed by atoms with Crippen LogP contribution in [0, 0.1) is 11.8 Å². The maximum absolute atomic E-state index is 8.98. The van der Waals surface area contributed by atoms with Crippen LogP contribution in [-0.2, 0) is 0 Å². The minimum Gasteiger partial charge on any atom is -0.396 e. The molecule has 3 unspecified atom stereocenters. The summed E-state index contributed by atoms with van der Waals surface area (Å²) in [5.41, 5.74) is 0. The van der Waals surface area contributed by atoms with Crippen LogP contribution in [0.25, 0.3) is 0 Å². The fourth-order valence-electron chi connectivity index (χ4n) is 2.19. The average Bonchev–Trinajstić information content (AvgIpc) is 2.09. The summed E-state index contributed by atoms with van der Waals surface area (Å²) in [6.45, 7) is 9.35. The molecule has 1 aliphatic rings. The summed E-state index contributed by atoms with van der Waals surface area (Å²) in [6, 6.07) is 0.706. The van der Waals surface area contributed by atoms with Gasteiger partial charge in [0.15, 0.2) is 0 Å². The van der Waals surface area contributed by atoms with E-state index in [1.165, 1.54) is 19.4 Å². The standard InChI is InChI=1S/C11H23NO/c1-9-4-5-12(11(3)6-9)7-10(2)8-13/h9-11,13H,4-8H2,1-3H3. The molecule has 13 heavy (non-hydrogen) atoms. The van der Waals surface area contributed by atoms with Crippen molar-refractivity contribution >= 4 is 0 Å². The van der Waals surface area contributed by atoms with Gasteiger partial charge in [0.05, 0.1) is 0 Å². The van der Waals surface area contributed by atoms with E-state index < -0.39 is 0 Å². The van der Waals surface area contributed by atoms with Crippen LogP contribution in [0.4, 0.5) is 0 Å². The summed E-state index contributed by atoms with van der Waals surface area (Å²) < 4.78 is 0. The molecular formula is C11H23NO. The first-order valence-corrected chi connectivity index (χ1v) is 5.48. The van der Waals surface area contributed by atoms with E-state index in [0.717, 1.165) is 12.5 Å². The molecule has 1 saturated heterocycles. The van der Waals surface area contributed by atoms with Crippen LogP contribution in [0.2, 0.25) is 0 Å². The highest BCUT2D eigenvalue weighted by atomic mass is 16.3. The Hall–Kier alpha value is -0.0800. The zero-order chi connectivity index (χ0) is 9.84. The Morgan fingerprint density at radius 1 is 1.46 bits per heavy atom. The van der Waals surface area contributed by atoms with E-state index in [-0.39, 0.29) is 0 Å². The number of hydrogen-bond acceptors (Lipinski definition) is 2. The van der Waals surface area contributed by atoms with Gasteiger partial charge < -0.3 is 10.0 Å². The Morgan fingerprint density at radius 2 is 2.15 bits per heavy atom. The summed E-state index contributed by atoms with van der Waals surface area (Å²) in [5, 5.41) is 8.98. The van der Waals surface area contributed by atoms with Crippen molar-refractivity contribution in [2.75, 3.05) is 19.7 Å². The number of nitrogens with zero attached hydrogens (tertiary/aromatic N) is 1. The molecule has 0 radical (unpaired) electrons. The third-order valence-electron chi connectivity index (χ3n) is 3.13. The topological polar surface area (TPSA) is 23.5 Å². The predicted molar refractivity (Wildman–Crippen MR) is 55.7 cm³/mol. The highest BCUT2D eigenvalue weighted by Crippen LogP contribution is 2.22. The molecule has 0 aromatic heterocycles. The molecule has 0 aliphatic carbocycles. The zero-order valence-corrected chi connectivity index (χ0v) is 9.16. The number of aliphatic hydroxyl groups is 1. The van der Waals surface area contributed by atoms with Crippen LogP contribution in [0.15, 0.2) is 0 Å². The third-order valence-corrected chi connectivity index (χ3v) is 3.13. The molecule has 1 heterocycles. The van der Waals surface area contributed by atoms with Crippen molar-refractivity contribution in [1.29, 1.82) is 0 Å². The van der Waals surface area contributed by atoms with Gasteiger partial charge in [-0.05, 0) is 38.1 Å². The molecular weight excluding hydrogens is 162 g/mol. The Labute approximate surface area is 81.9 Å². The molecule has 2 nitrogen and oxygen atoms in total. The maximum atomic E-state index is 8.98. The van der Waals surface area contributed by atoms with Gasteiger partial charge in [0, 0.05) is 19.2 Å². The van der Waals surface area contributed by atoms with E-state index in [1.54, 1.807) is 0 Å². The molecule has 1 aliphatic heterocycles. The quantitative estimate of drug-likeness (QED) is 0.724. The minimum atomic E-state index is 0.318. The minimum absolute atomic E-state index is 0.318. The molecule has 0 amide bonds. The van der Waals surface area contributed by atoms with E-state index in [0.29, 0.717) is 18.6 Å². The third kappa shape index (κ3) is 3.28. The van der Waals surface area contributed by atoms with E-state index in [2.05, 4.69) is 25.7 Å². The van der Waals surface area contributed by atoms with Gasteiger partial charge in [0.25, 0.3) is 0 Å². The number of piperidine rings is 1. The number of hydrogen-bond donors (Lipinski definition) is 1. The SMILES string of the molecule is CC1CCN(CC(C)CO)C(C)C1. The molecule has 2 heteroatoms. The molecule has 0 bridgehead atoms. The van der Waals surface area contributed by atoms with E-state index in [4.69, 9.17) is 5.11 Å². The molecule has 1 fully saturated rings. The monoisotopic (exact) mass is 185 g/mol. The lowest BCUT2D eigenvalue weighted by Crippen LogP contribution is -2.42. The van der Waals surface area contributed by atoms with Crippen LogP contribution >= 0.6 is 0 Å². The molecule has 1 rings (SSSR count). The van der Waals surface area contributed by atoms with Gasteiger partial charge in [-0.25, -0.2) is 0 Å². The summed E-state index contributed by atoms with van der Waals surface area (Å²) in [6.07, 6.45) is 2.64. The van der Waals surface area contributed by atoms with Crippen molar-refractivity contribution in [2.24, 2.45) is 11.8 Å². The smallest absolute Gasteiger partial charge is 0.0468 e. The molecule has 0 spiro atoms. The van der Waals surface area contributed by atoms with Crippen molar-refractivity contribution in [3.8, 4) is 0 Å². The Morgan fingerprint density at radius 3 is 2.69 bits per heavy atom. The lowest BCUT2D eigenvalue weighted by Gasteiger charge is -2.37. The van der Waals surface area contributed by atoms with Gasteiger partial charge in [-0.2, -0.15) is 0 Å². The van der Waals surface area contributed by atoms with Gasteiger partial charge >= 0.3 is 0 Å². The molecule has 0 saturated carbocycles. The normalized spacial score (nSPS) is 33.2. The van der Waals surface area contributed by atoms with Crippen molar-refractivity contribution in [1.82, 2.24) is 4.90 Å². The Kier molecular flexibility index (Phi) is 4.20. The second kappa shape index (κ2) is 4.97. The van der Waals surface area contributed by atoms with Crippen LogP contribution in [0.3, 0.4) is 0 Å². The first-order chi connectivity index (χ1) is 6.13. The van der Waals surface area contributed by atoms with Crippen molar-refractivity contribution in [2.45, 2.75) is 39.7 Å². The van der Waals surface area contributed by atoms with Crippen molar-refractivity contribution < 1.29 is 5.11 Å². The van der Waals surface area contributed by atoms with Crippen molar-refractivity contribution in [3.63, 3.8) is 0 Å². The molecule has 0 aromatic rings. The second-order valence-corrected chi connectivity index (χ2v) is 4.76. The van der Waals surface area contributed by atoms with Gasteiger partial charge in [-0.1, -0.05) is 13.8 Å². The van der Waals surface area contributed by atoms with Crippen molar-refractivity contribution in [3.05, 3.63) is 0 Å². The first kappa shape index (κ1) is 11.0. The molecule has 0 aromatic carbocycles. The summed E-state index contributed by atoms with van der Waals surface area (Å²) in [5.74, 6) is 1.31. The fraction of sp³-hybridized carbons (Fsp3) is 1.00. The lowest BCUT2D eigenvalue weighted by molar-refractivity contribution is 0.0952. The maximum Gasteiger partial charge on any atom is 0.0468 e. The summed E-state index contributed by atoms with van der Waals surface area (Å²) in [4.78, 5) is 2.51. The van der Waals surface area contributed by atoms with E-state index >= 15 is 0 Å². The largest absolute Gasteiger partial charge is 0.396 e. The van der Waals surface area contributed by atoms with Crippen LogP contribution in [0.5, 0.6) is 0 Å². The lowest BCUT2D eigenvalue weighted by atomic mass is 9.93. The highest BCUT2D eigenvalue weighted by molar-refractivity contribution is 4.77. The van der Waals surface area contributed by atoms with Gasteiger partial charge in [0.1, 0.15) is 0 Å². The average molecular weight is 185 g/mol. The molecule has 78 valence electrons. The first-order valence-electron chi connectivity index (χ1n) is 5.48. The fourth-order valence-corrected chi connectivity index (χ4v) is 2.19. The number of aliphatic hydroxyl groups excluding tert-OH is 1.